The summed E-state index contributed by atoms with van der Waals surface area (Å²) in [6.45, 7) is 3.12. The second kappa shape index (κ2) is 7.72. The van der Waals surface area contributed by atoms with Crippen LogP contribution in [0.25, 0.3) is 0 Å². The van der Waals surface area contributed by atoms with Crippen LogP contribution >= 0.6 is 11.3 Å². The van der Waals surface area contributed by atoms with Crippen LogP contribution in [0.3, 0.4) is 0 Å². The van der Waals surface area contributed by atoms with E-state index in [-0.39, 0.29) is 11.8 Å². The first kappa shape index (κ1) is 18.2. The number of rotatable bonds is 6. The van der Waals surface area contributed by atoms with E-state index in [1.54, 1.807) is 24.5 Å². The molecule has 0 aliphatic carbocycles. The van der Waals surface area contributed by atoms with Crippen LogP contribution in [0.2, 0.25) is 0 Å². The Morgan fingerprint density at radius 3 is 2.68 bits per heavy atom. The highest BCUT2D eigenvalue weighted by Crippen LogP contribution is 2.28. The minimum Gasteiger partial charge on any atom is -0.467 e. The lowest BCUT2D eigenvalue weighted by Crippen LogP contribution is -2.42. The number of nitrogens with zero attached hydrogens (tertiary/aromatic N) is 1. The molecule has 25 heavy (non-hydrogen) atoms. The number of furan rings is 1. The second-order valence-corrected chi connectivity index (χ2v) is 9.38. The lowest BCUT2D eigenvalue weighted by molar-refractivity contribution is -0.126. The molecule has 1 amide bonds. The molecule has 2 aromatic heterocycles. The van der Waals surface area contributed by atoms with E-state index in [9.17, 15) is 13.2 Å². The van der Waals surface area contributed by atoms with Gasteiger partial charge in [-0.25, -0.2) is 8.42 Å². The molecule has 0 radical (unpaired) electrons. The van der Waals surface area contributed by atoms with Crippen LogP contribution < -0.4 is 5.32 Å². The fourth-order valence-corrected chi connectivity index (χ4v) is 5.82. The number of sulfonamides is 1. The van der Waals surface area contributed by atoms with Crippen molar-refractivity contribution in [3.8, 4) is 0 Å². The normalized spacial score (nSPS) is 16.8. The molecule has 0 unspecified atom stereocenters. The van der Waals surface area contributed by atoms with Crippen molar-refractivity contribution in [2.75, 3.05) is 13.1 Å². The highest BCUT2D eigenvalue weighted by atomic mass is 32.2. The molecule has 8 heteroatoms. The smallest absolute Gasteiger partial charge is 0.252 e. The van der Waals surface area contributed by atoms with Crippen molar-refractivity contribution < 1.29 is 17.6 Å². The summed E-state index contributed by atoms with van der Waals surface area (Å²) in [4.78, 5) is 13.3. The largest absolute Gasteiger partial charge is 0.467 e. The van der Waals surface area contributed by atoms with Gasteiger partial charge in [0, 0.05) is 23.9 Å². The standard InChI is InChI=1S/C17H22N2O4S2/c1-2-15-5-6-16(24-15)25(21,22)19-9-7-13(8-10-19)17(20)18-12-14-4-3-11-23-14/h3-6,11,13H,2,7-10,12H2,1H3,(H,18,20). The summed E-state index contributed by atoms with van der Waals surface area (Å²) in [5.74, 6) is 0.506. The molecule has 2 aromatic rings. The number of hydrogen-bond acceptors (Lipinski definition) is 5. The summed E-state index contributed by atoms with van der Waals surface area (Å²) in [5.41, 5.74) is 0. The zero-order valence-electron chi connectivity index (χ0n) is 14.1. The quantitative estimate of drug-likeness (QED) is 0.833. The van der Waals surface area contributed by atoms with Gasteiger partial charge in [-0.1, -0.05) is 6.92 Å². The third-order valence-corrected chi connectivity index (χ3v) is 8.02. The summed E-state index contributed by atoms with van der Waals surface area (Å²) in [6.07, 6.45) is 3.47. The number of piperidine rings is 1. The number of hydrogen-bond donors (Lipinski definition) is 1. The Balaban J connectivity index is 1.54. The predicted octanol–water partition coefficient (Wildman–Crippen LogP) is 2.62. The van der Waals surface area contributed by atoms with Crippen LogP contribution in [0, 0.1) is 5.92 Å². The zero-order chi connectivity index (χ0) is 17.9. The Hall–Kier alpha value is -1.64. The fraction of sp³-hybridized carbons (Fsp3) is 0.471. The maximum Gasteiger partial charge on any atom is 0.252 e. The predicted molar refractivity (Wildman–Crippen MR) is 95.7 cm³/mol. The van der Waals surface area contributed by atoms with E-state index in [1.807, 2.05) is 13.0 Å². The summed E-state index contributed by atoms with van der Waals surface area (Å²) in [6, 6.07) is 7.13. The minimum absolute atomic E-state index is 0.0437. The topological polar surface area (TPSA) is 79.6 Å². The Morgan fingerprint density at radius 1 is 1.32 bits per heavy atom. The van der Waals surface area contributed by atoms with Gasteiger partial charge in [0.05, 0.1) is 12.8 Å². The van der Waals surface area contributed by atoms with E-state index in [1.165, 1.54) is 15.6 Å². The minimum atomic E-state index is -3.44. The number of thiophene rings is 1. The highest BCUT2D eigenvalue weighted by molar-refractivity contribution is 7.91. The number of carbonyl (C=O) groups excluding carboxylic acids is 1. The number of carbonyl (C=O) groups is 1. The van der Waals surface area contributed by atoms with Crippen molar-refractivity contribution in [1.82, 2.24) is 9.62 Å². The summed E-state index contributed by atoms with van der Waals surface area (Å²) < 4.78 is 32.5. The van der Waals surface area contributed by atoms with Gasteiger partial charge in [-0.2, -0.15) is 4.31 Å². The molecule has 1 N–H and O–H groups in total. The summed E-state index contributed by atoms with van der Waals surface area (Å²) in [7, 11) is -3.44. The molecule has 0 atom stereocenters. The van der Waals surface area contributed by atoms with E-state index in [2.05, 4.69) is 5.32 Å². The van der Waals surface area contributed by atoms with E-state index in [0.29, 0.717) is 42.4 Å². The van der Waals surface area contributed by atoms with Crippen molar-refractivity contribution in [1.29, 1.82) is 0 Å². The van der Waals surface area contributed by atoms with Gasteiger partial charge in [0.25, 0.3) is 10.0 Å². The van der Waals surface area contributed by atoms with Crippen molar-refractivity contribution >= 4 is 27.3 Å². The molecule has 0 spiro atoms. The van der Waals surface area contributed by atoms with Crippen LogP contribution in [-0.2, 0) is 27.8 Å². The second-order valence-electron chi connectivity index (χ2n) is 6.05. The summed E-state index contributed by atoms with van der Waals surface area (Å²) in [5, 5.41) is 2.85. The van der Waals surface area contributed by atoms with Gasteiger partial charge in [0.2, 0.25) is 5.91 Å². The van der Waals surface area contributed by atoms with Gasteiger partial charge in [0.15, 0.2) is 0 Å². The van der Waals surface area contributed by atoms with Crippen molar-refractivity contribution in [2.24, 2.45) is 5.92 Å². The third-order valence-electron chi connectivity index (χ3n) is 4.42. The molecule has 1 fully saturated rings. The first-order valence-corrected chi connectivity index (χ1v) is 10.7. The first-order valence-electron chi connectivity index (χ1n) is 8.39. The molecule has 1 saturated heterocycles. The average Bonchev–Trinajstić information content (AvgIpc) is 3.31. The summed E-state index contributed by atoms with van der Waals surface area (Å²) >= 11 is 1.33. The molecule has 3 rings (SSSR count). The molecular weight excluding hydrogens is 360 g/mol. The van der Waals surface area contributed by atoms with Crippen LogP contribution in [0.5, 0.6) is 0 Å². The van der Waals surface area contributed by atoms with E-state index in [4.69, 9.17) is 4.42 Å². The Kier molecular flexibility index (Phi) is 5.61. The van der Waals surface area contributed by atoms with Gasteiger partial charge < -0.3 is 9.73 Å². The number of nitrogens with one attached hydrogen (secondary N) is 1. The Bertz CT molecular complexity index is 804. The third kappa shape index (κ3) is 4.13. The molecule has 3 heterocycles. The zero-order valence-corrected chi connectivity index (χ0v) is 15.7. The van der Waals surface area contributed by atoms with Crippen LogP contribution in [0.4, 0.5) is 0 Å². The molecule has 6 nitrogen and oxygen atoms in total. The van der Waals surface area contributed by atoms with Gasteiger partial charge >= 0.3 is 0 Å². The molecule has 0 aromatic carbocycles. The van der Waals surface area contributed by atoms with E-state index < -0.39 is 10.0 Å². The molecule has 136 valence electrons. The number of aryl methyl sites for hydroxylation is 1. The average molecular weight is 383 g/mol. The fourth-order valence-electron chi connectivity index (χ4n) is 2.90. The Morgan fingerprint density at radius 2 is 2.08 bits per heavy atom. The van der Waals surface area contributed by atoms with E-state index in [0.717, 1.165) is 11.3 Å². The van der Waals surface area contributed by atoms with Crippen LogP contribution in [-0.4, -0.2) is 31.7 Å². The van der Waals surface area contributed by atoms with Crippen molar-refractivity contribution in [3.05, 3.63) is 41.2 Å². The first-order chi connectivity index (χ1) is 12.0. The van der Waals surface area contributed by atoms with Crippen LogP contribution in [0.1, 0.15) is 30.4 Å². The van der Waals surface area contributed by atoms with Gasteiger partial charge in [0.1, 0.15) is 9.97 Å². The lowest BCUT2D eigenvalue weighted by atomic mass is 9.97. The van der Waals surface area contributed by atoms with Gasteiger partial charge in [-0.05, 0) is 43.5 Å². The number of amides is 1. The van der Waals surface area contributed by atoms with Gasteiger partial charge in [-0.15, -0.1) is 11.3 Å². The monoisotopic (exact) mass is 382 g/mol. The van der Waals surface area contributed by atoms with Crippen LogP contribution in [0.15, 0.2) is 39.2 Å². The molecule has 1 aliphatic heterocycles. The Labute approximate surface area is 151 Å². The maximum absolute atomic E-state index is 12.7. The van der Waals surface area contributed by atoms with Crippen molar-refractivity contribution in [3.63, 3.8) is 0 Å². The maximum atomic E-state index is 12.7. The van der Waals surface area contributed by atoms with Crippen molar-refractivity contribution in [2.45, 2.75) is 36.9 Å². The SMILES string of the molecule is CCc1ccc(S(=O)(=O)N2CCC(C(=O)NCc3ccco3)CC2)s1. The molecule has 0 bridgehead atoms. The van der Waals surface area contributed by atoms with E-state index >= 15 is 0 Å². The molecular formula is C17H22N2O4S2. The lowest BCUT2D eigenvalue weighted by Gasteiger charge is -2.30. The highest BCUT2D eigenvalue weighted by Gasteiger charge is 2.32. The molecule has 1 aliphatic rings. The molecule has 0 saturated carbocycles. The van der Waals surface area contributed by atoms with Gasteiger partial charge in [-0.3, -0.25) is 4.79 Å².